The molecule has 1 saturated heterocycles. The van der Waals surface area contributed by atoms with Gasteiger partial charge in [0, 0.05) is 26.2 Å². The van der Waals surface area contributed by atoms with Crippen LogP contribution in [0.15, 0.2) is 24.3 Å². The molecule has 6 heteroatoms. The summed E-state index contributed by atoms with van der Waals surface area (Å²) < 4.78 is 5.67. The summed E-state index contributed by atoms with van der Waals surface area (Å²) in [4.78, 5) is 16.5. The minimum absolute atomic E-state index is 0.0403. The molecule has 0 bridgehead atoms. The van der Waals surface area contributed by atoms with Gasteiger partial charge in [0.2, 0.25) is 0 Å². The van der Waals surface area contributed by atoms with E-state index in [1.165, 1.54) is 5.69 Å². The number of aromatic amines is 1. The number of nitrogens with one attached hydrogen (secondary N) is 1. The van der Waals surface area contributed by atoms with Crippen LogP contribution in [0.1, 0.15) is 17.0 Å². The molecule has 128 valence electrons. The largest absolute Gasteiger partial charge is 0.484 e. The predicted molar refractivity (Wildman–Crippen MR) is 93.5 cm³/mol. The van der Waals surface area contributed by atoms with Crippen molar-refractivity contribution < 1.29 is 9.53 Å². The standard InChI is InChI=1S/C18H24N4O2/c1-13-6-4-5-7-16(13)24-12-17(23)21-8-10-22(11-9-21)18-14(2)19-20-15(18)3/h4-7H,8-12H2,1-3H3,(H,19,20). The van der Waals surface area contributed by atoms with Gasteiger partial charge in [-0.2, -0.15) is 5.10 Å². The van der Waals surface area contributed by atoms with Crippen molar-refractivity contribution in [2.24, 2.45) is 0 Å². The number of piperazine rings is 1. The summed E-state index contributed by atoms with van der Waals surface area (Å²) in [7, 11) is 0. The Morgan fingerprint density at radius 3 is 2.50 bits per heavy atom. The van der Waals surface area contributed by atoms with Crippen LogP contribution >= 0.6 is 0 Å². The summed E-state index contributed by atoms with van der Waals surface area (Å²) in [5.41, 5.74) is 4.30. The number of hydrogen-bond donors (Lipinski definition) is 1. The molecule has 1 aromatic heterocycles. The van der Waals surface area contributed by atoms with E-state index in [0.717, 1.165) is 35.8 Å². The number of aryl methyl sites for hydroxylation is 3. The highest BCUT2D eigenvalue weighted by Crippen LogP contribution is 2.23. The Bertz CT molecular complexity index is 698. The number of ether oxygens (including phenoxy) is 1. The fraction of sp³-hybridized carbons (Fsp3) is 0.444. The number of amides is 1. The molecule has 2 heterocycles. The Morgan fingerprint density at radius 2 is 1.88 bits per heavy atom. The van der Waals surface area contributed by atoms with E-state index in [4.69, 9.17) is 4.74 Å². The van der Waals surface area contributed by atoms with Gasteiger partial charge in [-0.1, -0.05) is 18.2 Å². The topological polar surface area (TPSA) is 61.5 Å². The van der Waals surface area contributed by atoms with Gasteiger partial charge in [0.1, 0.15) is 5.75 Å². The quantitative estimate of drug-likeness (QED) is 0.933. The Balaban J connectivity index is 1.53. The van der Waals surface area contributed by atoms with Crippen LogP contribution in [0.4, 0.5) is 5.69 Å². The van der Waals surface area contributed by atoms with Gasteiger partial charge in [0.25, 0.3) is 5.91 Å². The summed E-state index contributed by atoms with van der Waals surface area (Å²) in [6, 6.07) is 7.75. The number of benzene rings is 1. The van der Waals surface area contributed by atoms with E-state index in [0.29, 0.717) is 13.1 Å². The Hall–Kier alpha value is -2.50. The highest BCUT2D eigenvalue weighted by atomic mass is 16.5. The van der Waals surface area contributed by atoms with E-state index in [2.05, 4.69) is 15.1 Å². The van der Waals surface area contributed by atoms with Crippen molar-refractivity contribution in [1.29, 1.82) is 0 Å². The van der Waals surface area contributed by atoms with E-state index in [-0.39, 0.29) is 12.5 Å². The maximum Gasteiger partial charge on any atom is 0.260 e. The van der Waals surface area contributed by atoms with E-state index in [1.807, 2.05) is 49.9 Å². The molecule has 1 aromatic carbocycles. The number of carbonyl (C=O) groups excluding carboxylic acids is 1. The second kappa shape index (κ2) is 6.95. The van der Waals surface area contributed by atoms with Crippen LogP contribution in [-0.2, 0) is 4.79 Å². The number of H-pyrrole nitrogens is 1. The number of para-hydroxylation sites is 1. The van der Waals surface area contributed by atoms with Crippen LogP contribution in [-0.4, -0.2) is 53.8 Å². The number of nitrogens with zero attached hydrogens (tertiary/aromatic N) is 3. The number of hydrogen-bond acceptors (Lipinski definition) is 4. The lowest BCUT2D eigenvalue weighted by Gasteiger charge is -2.36. The lowest BCUT2D eigenvalue weighted by Crippen LogP contribution is -2.50. The predicted octanol–water partition coefficient (Wildman–Crippen LogP) is 2.06. The average molecular weight is 328 g/mol. The molecule has 0 atom stereocenters. The zero-order valence-corrected chi connectivity index (χ0v) is 14.5. The van der Waals surface area contributed by atoms with Crippen LogP contribution in [0, 0.1) is 20.8 Å². The summed E-state index contributed by atoms with van der Waals surface area (Å²) in [6.45, 7) is 9.16. The van der Waals surface area contributed by atoms with E-state index < -0.39 is 0 Å². The third-order valence-electron chi connectivity index (χ3n) is 4.48. The zero-order chi connectivity index (χ0) is 17.1. The van der Waals surface area contributed by atoms with Crippen LogP contribution in [0.3, 0.4) is 0 Å². The van der Waals surface area contributed by atoms with Gasteiger partial charge in [0.05, 0.1) is 17.1 Å². The second-order valence-electron chi connectivity index (χ2n) is 6.20. The van der Waals surface area contributed by atoms with Gasteiger partial charge in [0.15, 0.2) is 6.61 Å². The molecular weight excluding hydrogens is 304 g/mol. The number of aromatic nitrogens is 2. The van der Waals surface area contributed by atoms with Gasteiger partial charge >= 0.3 is 0 Å². The number of anilines is 1. The summed E-state index contributed by atoms with van der Waals surface area (Å²) >= 11 is 0. The third-order valence-corrected chi connectivity index (χ3v) is 4.48. The molecule has 0 unspecified atom stereocenters. The first kappa shape index (κ1) is 16.4. The average Bonchev–Trinajstić information content (AvgIpc) is 2.93. The molecule has 0 saturated carbocycles. The molecule has 1 N–H and O–H groups in total. The number of rotatable bonds is 4. The fourth-order valence-electron chi connectivity index (χ4n) is 3.14. The second-order valence-corrected chi connectivity index (χ2v) is 6.20. The molecule has 1 aliphatic heterocycles. The maximum atomic E-state index is 12.4. The van der Waals surface area contributed by atoms with E-state index in [9.17, 15) is 4.79 Å². The lowest BCUT2D eigenvalue weighted by atomic mass is 10.2. The van der Waals surface area contributed by atoms with Crippen LogP contribution in [0.5, 0.6) is 5.75 Å². The van der Waals surface area contributed by atoms with Crippen molar-refractivity contribution in [2.75, 3.05) is 37.7 Å². The molecule has 6 nitrogen and oxygen atoms in total. The van der Waals surface area contributed by atoms with E-state index in [1.54, 1.807) is 0 Å². The molecule has 0 spiro atoms. The Kier molecular flexibility index (Phi) is 4.74. The lowest BCUT2D eigenvalue weighted by molar-refractivity contribution is -0.133. The summed E-state index contributed by atoms with van der Waals surface area (Å²) in [6.07, 6.45) is 0. The monoisotopic (exact) mass is 328 g/mol. The number of carbonyl (C=O) groups is 1. The van der Waals surface area contributed by atoms with Crippen molar-refractivity contribution >= 4 is 11.6 Å². The molecule has 1 aliphatic rings. The Morgan fingerprint density at radius 1 is 1.17 bits per heavy atom. The minimum atomic E-state index is 0.0403. The first-order valence-corrected chi connectivity index (χ1v) is 8.29. The van der Waals surface area contributed by atoms with Crippen LogP contribution < -0.4 is 9.64 Å². The normalized spacial score (nSPS) is 14.8. The fourth-order valence-corrected chi connectivity index (χ4v) is 3.14. The first-order chi connectivity index (χ1) is 11.6. The third kappa shape index (κ3) is 3.37. The van der Waals surface area contributed by atoms with Crippen molar-refractivity contribution in [2.45, 2.75) is 20.8 Å². The maximum absolute atomic E-state index is 12.4. The minimum Gasteiger partial charge on any atom is -0.484 e. The molecule has 0 aliphatic carbocycles. The van der Waals surface area contributed by atoms with Crippen molar-refractivity contribution in [1.82, 2.24) is 15.1 Å². The highest BCUT2D eigenvalue weighted by molar-refractivity contribution is 5.78. The molecule has 0 radical (unpaired) electrons. The molecular formula is C18H24N4O2. The van der Waals surface area contributed by atoms with Gasteiger partial charge in [-0.15, -0.1) is 0 Å². The molecule has 1 amide bonds. The van der Waals surface area contributed by atoms with Crippen molar-refractivity contribution in [3.63, 3.8) is 0 Å². The molecule has 2 aromatic rings. The Labute approximate surface area is 142 Å². The highest BCUT2D eigenvalue weighted by Gasteiger charge is 2.24. The summed E-state index contributed by atoms with van der Waals surface area (Å²) in [5, 5.41) is 7.27. The van der Waals surface area contributed by atoms with Crippen molar-refractivity contribution in [3.8, 4) is 5.75 Å². The molecule has 24 heavy (non-hydrogen) atoms. The smallest absolute Gasteiger partial charge is 0.260 e. The molecule has 3 rings (SSSR count). The van der Waals surface area contributed by atoms with E-state index >= 15 is 0 Å². The van der Waals surface area contributed by atoms with Gasteiger partial charge in [-0.3, -0.25) is 9.89 Å². The zero-order valence-electron chi connectivity index (χ0n) is 14.5. The molecule has 1 fully saturated rings. The SMILES string of the molecule is Cc1ccccc1OCC(=O)N1CCN(c2c(C)n[nH]c2C)CC1. The van der Waals surface area contributed by atoms with Gasteiger partial charge in [-0.05, 0) is 32.4 Å². The van der Waals surface area contributed by atoms with Crippen LogP contribution in [0.25, 0.3) is 0 Å². The van der Waals surface area contributed by atoms with Crippen LogP contribution in [0.2, 0.25) is 0 Å². The van der Waals surface area contributed by atoms with Gasteiger partial charge < -0.3 is 14.5 Å². The first-order valence-electron chi connectivity index (χ1n) is 8.29. The summed E-state index contributed by atoms with van der Waals surface area (Å²) in [5.74, 6) is 0.813. The van der Waals surface area contributed by atoms with Gasteiger partial charge in [-0.25, -0.2) is 0 Å². The van der Waals surface area contributed by atoms with Crippen molar-refractivity contribution in [3.05, 3.63) is 41.2 Å².